The first-order valence-electron chi connectivity index (χ1n) is 11.3. The molecule has 0 aromatic rings. The minimum atomic E-state index is 0.665. The Balaban J connectivity index is 1.82. The Hall–Kier alpha value is -0.760. The SMILES string of the molecule is CC(CCC(C)N1C=CC(C(C)C)CCC1)C1=CCN(C(C)C)CCC1. The van der Waals surface area contributed by atoms with Gasteiger partial charge in [0.05, 0.1) is 0 Å². The van der Waals surface area contributed by atoms with Gasteiger partial charge in [-0.3, -0.25) is 4.90 Å². The lowest BCUT2D eigenvalue weighted by Crippen LogP contribution is -2.31. The number of hydrogen-bond donors (Lipinski definition) is 0. The van der Waals surface area contributed by atoms with E-state index in [-0.39, 0.29) is 0 Å². The van der Waals surface area contributed by atoms with Crippen LogP contribution in [0.5, 0.6) is 0 Å². The van der Waals surface area contributed by atoms with Crippen LogP contribution in [0.1, 0.15) is 80.1 Å². The van der Waals surface area contributed by atoms with Crippen molar-refractivity contribution in [3.63, 3.8) is 0 Å². The lowest BCUT2D eigenvalue weighted by atomic mass is 9.91. The zero-order chi connectivity index (χ0) is 19.1. The molecule has 0 bridgehead atoms. The molecule has 0 aliphatic carbocycles. The molecule has 0 saturated carbocycles. The second-order valence-electron chi connectivity index (χ2n) is 9.43. The molecule has 2 heterocycles. The molecule has 3 unspecified atom stereocenters. The highest BCUT2D eigenvalue weighted by Gasteiger charge is 2.20. The van der Waals surface area contributed by atoms with E-state index < -0.39 is 0 Å². The lowest BCUT2D eigenvalue weighted by Gasteiger charge is -2.28. The molecule has 0 radical (unpaired) electrons. The van der Waals surface area contributed by atoms with Gasteiger partial charge in [0.25, 0.3) is 0 Å². The van der Waals surface area contributed by atoms with Gasteiger partial charge >= 0.3 is 0 Å². The highest BCUT2D eigenvalue weighted by molar-refractivity contribution is 5.09. The minimum Gasteiger partial charge on any atom is -0.375 e. The Bertz CT molecular complexity index is 463. The van der Waals surface area contributed by atoms with Gasteiger partial charge in [-0.1, -0.05) is 38.5 Å². The number of hydrogen-bond acceptors (Lipinski definition) is 2. The molecule has 26 heavy (non-hydrogen) atoms. The molecule has 0 amide bonds. The van der Waals surface area contributed by atoms with Crippen LogP contribution in [-0.2, 0) is 0 Å². The summed E-state index contributed by atoms with van der Waals surface area (Å²) in [5.41, 5.74) is 1.71. The number of allylic oxidation sites excluding steroid dienone is 2. The van der Waals surface area contributed by atoms with Gasteiger partial charge in [0, 0.05) is 25.2 Å². The number of rotatable bonds is 7. The Morgan fingerprint density at radius 3 is 2.46 bits per heavy atom. The van der Waals surface area contributed by atoms with Crippen molar-refractivity contribution in [1.29, 1.82) is 0 Å². The fourth-order valence-corrected chi connectivity index (χ4v) is 4.50. The van der Waals surface area contributed by atoms with E-state index in [0.29, 0.717) is 12.1 Å². The van der Waals surface area contributed by atoms with Crippen LogP contribution in [0.15, 0.2) is 23.9 Å². The van der Waals surface area contributed by atoms with Crippen molar-refractivity contribution >= 4 is 0 Å². The molecular formula is C24H44N2. The molecule has 0 N–H and O–H groups in total. The molecule has 150 valence electrons. The van der Waals surface area contributed by atoms with Crippen LogP contribution >= 0.6 is 0 Å². The summed E-state index contributed by atoms with van der Waals surface area (Å²) in [6, 6.07) is 1.34. The Kier molecular flexibility index (Phi) is 8.73. The third kappa shape index (κ3) is 6.44. The molecule has 0 spiro atoms. The summed E-state index contributed by atoms with van der Waals surface area (Å²) in [7, 11) is 0. The van der Waals surface area contributed by atoms with Crippen LogP contribution in [0.25, 0.3) is 0 Å². The summed E-state index contributed by atoms with van der Waals surface area (Å²) >= 11 is 0. The summed E-state index contributed by atoms with van der Waals surface area (Å²) in [6.45, 7) is 17.9. The third-order valence-electron chi connectivity index (χ3n) is 6.78. The first-order valence-corrected chi connectivity index (χ1v) is 11.3. The second kappa shape index (κ2) is 10.5. The largest absolute Gasteiger partial charge is 0.375 e. The van der Waals surface area contributed by atoms with Gasteiger partial charge in [-0.2, -0.15) is 0 Å². The average Bonchev–Trinajstić information content (AvgIpc) is 3.00. The maximum absolute atomic E-state index is 2.61. The van der Waals surface area contributed by atoms with Crippen molar-refractivity contribution in [3.8, 4) is 0 Å². The number of nitrogens with zero attached hydrogens (tertiary/aromatic N) is 2. The predicted molar refractivity (Wildman–Crippen MR) is 115 cm³/mol. The van der Waals surface area contributed by atoms with Crippen molar-refractivity contribution in [2.75, 3.05) is 19.6 Å². The quantitative estimate of drug-likeness (QED) is 0.506. The molecule has 2 rings (SSSR count). The van der Waals surface area contributed by atoms with Gasteiger partial charge in [-0.05, 0) is 89.8 Å². The van der Waals surface area contributed by atoms with Gasteiger partial charge in [-0.15, -0.1) is 0 Å². The molecule has 2 aliphatic heterocycles. The zero-order valence-electron chi connectivity index (χ0n) is 18.4. The maximum Gasteiger partial charge on any atom is 0.0256 e. The third-order valence-corrected chi connectivity index (χ3v) is 6.78. The zero-order valence-corrected chi connectivity index (χ0v) is 18.4. The van der Waals surface area contributed by atoms with Crippen molar-refractivity contribution in [3.05, 3.63) is 23.9 Å². The Morgan fingerprint density at radius 1 is 1.00 bits per heavy atom. The highest BCUT2D eigenvalue weighted by atomic mass is 15.1. The van der Waals surface area contributed by atoms with Crippen molar-refractivity contribution in [1.82, 2.24) is 9.80 Å². The lowest BCUT2D eigenvalue weighted by molar-refractivity contribution is 0.248. The average molecular weight is 361 g/mol. The standard InChI is InChI=1S/C24H44N2/c1-19(2)23-9-7-16-26(18-13-23)22(6)12-11-21(5)24-10-8-15-25(17-14-24)20(3)4/h13-14,18-23H,7-12,15-17H2,1-6H3. The molecule has 0 aromatic heterocycles. The van der Waals surface area contributed by atoms with Crippen molar-refractivity contribution in [2.24, 2.45) is 17.8 Å². The van der Waals surface area contributed by atoms with Crippen molar-refractivity contribution < 1.29 is 0 Å². The summed E-state index contributed by atoms with van der Waals surface area (Å²) < 4.78 is 0. The predicted octanol–water partition coefficient (Wildman–Crippen LogP) is 6.10. The van der Waals surface area contributed by atoms with E-state index in [9.17, 15) is 0 Å². The molecule has 2 heteroatoms. The second-order valence-corrected chi connectivity index (χ2v) is 9.43. The summed E-state index contributed by atoms with van der Waals surface area (Å²) in [4.78, 5) is 5.21. The van der Waals surface area contributed by atoms with Crippen LogP contribution in [-0.4, -0.2) is 41.5 Å². The summed E-state index contributed by atoms with van der Waals surface area (Å²) in [6.07, 6.45) is 15.4. The first kappa shape index (κ1) is 21.5. The fourth-order valence-electron chi connectivity index (χ4n) is 4.50. The normalized spacial score (nSPS) is 25.2. The topological polar surface area (TPSA) is 6.48 Å². The van der Waals surface area contributed by atoms with E-state index in [1.54, 1.807) is 5.57 Å². The summed E-state index contributed by atoms with van der Waals surface area (Å²) in [5, 5.41) is 0. The van der Waals surface area contributed by atoms with Gasteiger partial charge in [0.1, 0.15) is 0 Å². The van der Waals surface area contributed by atoms with E-state index in [4.69, 9.17) is 0 Å². The van der Waals surface area contributed by atoms with E-state index >= 15 is 0 Å². The van der Waals surface area contributed by atoms with Crippen LogP contribution in [0.4, 0.5) is 0 Å². The Morgan fingerprint density at radius 2 is 1.77 bits per heavy atom. The van der Waals surface area contributed by atoms with E-state index in [0.717, 1.165) is 24.3 Å². The Labute approximate surface area is 163 Å². The van der Waals surface area contributed by atoms with Crippen LogP contribution in [0.3, 0.4) is 0 Å². The van der Waals surface area contributed by atoms with Crippen molar-refractivity contribution in [2.45, 2.75) is 92.2 Å². The highest BCUT2D eigenvalue weighted by Crippen LogP contribution is 2.27. The minimum absolute atomic E-state index is 0.665. The van der Waals surface area contributed by atoms with Crippen LogP contribution < -0.4 is 0 Å². The molecular weight excluding hydrogens is 316 g/mol. The molecule has 0 saturated heterocycles. The molecule has 0 fully saturated rings. The van der Waals surface area contributed by atoms with E-state index in [1.165, 1.54) is 51.6 Å². The smallest absolute Gasteiger partial charge is 0.0256 e. The van der Waals surface area contributed by atoms with Crippen LogP contribution in [0.2, 0.25) is 0 Å². The molecule has 2 nitrogen and oxygen atoms in total. The summed E-state index contributed by atoms with van der Waals surface area (Å²) in [5.74, 6) is 2.28. The molecule has 2 aliphatic rings. The molecule has 3 atom stereocenters. The maximum atomic E-state index is 2.61. The van der Waals surface area contributed by atoms with Crippen LogP contribution in [0, 0.1) is 17.8 Å². The van der Waals surface area contributed by atoms with E-state index in [2.05, 4.69) is 69.7 Å². The molecule has 0 aromatic carbocycles. The monoisotopic (exact) mass is 360 g/mol. The van der Waals surface area contributed by atoms with Gasteiger partial charge in [0.2, 0.25) is 0 Å². The van der Waals surface area contributed by atoms with E-state index in [1.807, 2.05) is 0 Å². The van der Waals surface area contributed by atoms with Gasteiger partial charge < -0.3 is 4.90 Å². The fraction of sp³-hybridized carbons (Fsp3) is 0.833. The van der Waals surface area contributed by atoms with Gasteiger partial charge in [-0.25, -0.2) is 0 Å². The first-order chi connectivity index (χ1) is 12.4. The van der Waals surface area contributed by atoms with Gasteiger partial charge in [0.15, 0.2) is 0 Å².